The zero-order chi connectivity index (χ0) is 36.8. The number of aromatic nitrogens is 5. The molecular weight excluding hydrogens is 657 g/mol. The molecule has 0 aliphatic rings. The van der Waals surface area contributed by atoms with Crippen molar-refractivity contribution in [2.45, 2.75) is 45.7 Å². The van der Waals surface area contributed by atoms with E-state index in [9.17, 15) is 4.79 Å². The van der Waals surface area contributed by atoms with Gasteiger partial charge in [0.1, 0.15) is 5.54 Å². The van der Waals surface area contributed by atoms with E-state index in [2.05, 4.69) is 119 Å². The van der Waals surface area contributed by atoms with Crippen molar-refractivity contribution in [2.75, 3.05) is 12.0 Å². The van der Waals surface area contributed by atoms with Gasteiger partial charge in [-0.3, -0.25) is 9.78 Å². The molecule has 0 aliphatic carbocycles. The van der Waals surface area contributed by atoms with Crippen LogP contribution in [0.4, 0.5) is 5.69 Å². The van der Waals surface area contributed by atoms with Gasteiger partial charge in [-0.1, -0.05) is 146 Å². The first-order chi connectivity index (χ1) is 25.9. The first kappa shape index (κ1) is 35.0. The van der Waals surface area contributed by atoms with Crippen LogP contribution in [0, 0.1) is 13.8 Å². The second-order valence-electron chi connectivity index (χ2n) is 13.1. The minimum atomic E-state index is -0.876. The summed E-state index contributed by atoms with van der Waals surface area (Å²) in [6.07, 6.45) is 1.18. The highest BCUT2D eigenvalue weighted by molar-refractivity contribution is 5.95. The van der Waals surface area contributed by atoms with Crippen LogP contribution in [0.3, 0.4) is 0 Å². The molecule has 0 spiro atoms. The summed E-state index contributed by atoms with van der Waals surface area (Å²) in [4.78, 5) is 19.9. The van der Waals surface area contributed by atoms with Crippen molar-refractivity contribution >= 4 is 11.6 Å². The summed E-state index contributed by atoms with van der Waals surface area (Å²) in [6, 6.07) is 49.7. The molecule has 7 aromatic rings. The molecule has 0 bridgehead atoms. The Kier molecular flexibility index (Phi) is 10.2. The Morgan fingerprint density at radius 1 is 0.736 bits per heavy atom. The van der Waals surface area contributed by atoms with Crippen LogP contribution in [-0.2, 0) is 16.9 Å². The summed E-state index contributed by atoms with van der Waals surface area (Å²) >= 11 is 0. The van der Waals surface area contributed by atoms with Gasteiger partial charge in [0.15, 0.2) is 11.6 Å². The molecular formula is C45H42N6O2. The van der Waals surface area contributed by atoms with Crippen LogP contribution in [-0.4, -0.2) is 38.2 Å². The van der Waals surface area contributed by atoms with E-state index in [4.69, 9.17) is 15.0 Å². The molecule has 0 saturated carbocycles. The number of methoxy groups -OCH3 is 1. The van der Waals surface area contributed by atoms with E-state index in [1.165, 1.54) is 0 Å². The lowest BCUT2D eigenvalue weighted by molar-refractivity contribution is -0.118. The van der Waals surface area contributed by atoms with E-state index in [1.807, 2.05) is 66.8 Å². The van der Waals surface area contributed by atoms with Gasteiger partial charge in [-0.05, 0) is 70.1 Å². The van der Waals surface area contributed by atoms with Crippen molar-refractivity contribution in [1.29, 1.82) is 0 Å². The number of carbonyl (C=O) groups is 1. The largest absolute Gasteiger partial charge is 0.493 e. The fourth-order valence-corrected chi connectivity index (χ4v) is 7.29. The molecule has 1 amide bonds. The molecule has 7 rings (SSSR count). The van der Waals surface area contributed by atoms with Gasteiger partial charge in [0, 0.05) is 17.7 Å². The SMILES string of the molecule is CCCC(=O)N(Cc1ccc(-c2ccccc2-c2nnnn2C(c2ccccc2)(c2ccccc2)c2ccccc2)cc1)c1cc(C)nc(C)c1OC. The zero-order valence-electron chi connectivity index (χ0n) is 30.5. The van der Waals surface area contributed by atoms with E-state index in [1.54, 1.807) is 7.11 Å². The number of anilines is 1. The van der Waals surface area contributed by atoms with Gasteiger partial charge in [0.05, 0.1) is 25.0 Å². The van der Waals surface area contributed by atoms with Crippen LogP contribution in [0.25, 0.3) is 22.5 Å². The second-order valence-corrected chi connectivity index (χ2v) is 13.1. The molecule has 0 saturated heterocycles. The first-order valence-electron chi connectivity index (χ1n) is 17.9. The zero-order valence-corrected chi connectivity index (χ0v) is 30.5. The molecule has 0 atom stereocenters. The minimum absolute atomic E-state index is 0.0378. The monoisotopic (exact) mass is 698 g/mol. The predicted octanol–water partition coefficient (Wildman–Crippen LogP) is 9.20. The Hall–Kier alpha value is -6.41. The van der Waals surface area contributed by atoms with Crippen molar-refractivity contribution in [1.82, 2.24) is 25.2 Å². The third-order valence-corrected chi connectivity index (χ3v) is 9.65. The minimum Gasteiger partial charge on any atom is -0.493 e. The van der Waals surface area contributed by atoms with Crippen molar-refractivity contribution in [3.05, 3.63) is 179 Å². The summed E-state index contributed by atoms with van der Waals surface area (Å²) in [6.45, 7) is 6.25. The lowest BCUT2D eigenvalue weighted by Crippen LogP contribution is -2.39. The molecule has 2 heterocycles. The van der Waals surface area contributed by atoms with Crippen LogP contribution in [0.1, 0.15) is 53.4 Å². The first-order valence-corrected chi connectivity index (χ1v) is 17.9. The maximum atomic E-state index is 13.6. The molecule has 0 radical (unpaired) electrons. The molecule has 0 unspecified atom stereocenters. The van der Waals surface area contributed by atoms with Gasteiger partial charge in [-0.15, -0.1) is 5.10 Å². The van der Waals surface area contributed by atoms with Crippen LogP contribution < -0.4 is 9.64 Å². The number of pyridine rings is 1. The van der Waals surface area contributed by atoms with Crippen LogP contribution in [0.5, 0.6) is 5.75 Å². The van der Waals surface area contributed by atoms with Crippen molar-refractivity contribution in [3.8, 4) is 28.3 Å². The molecule has 53 heavy (non-hydrogen) atoms. The lowest BCUT2D eigenvalue weighted by Gasteiger charge is -2.36. The number of hydrogen-bond donors (Lipinski definition) is 0. The highest BCUT2D eigenvalue weighted by atomic mass is 16.5. The van der Waals surface area contributed by atoms with Crippen molar-refractivity contribution < 1.29 is 9.53 Å². The Labute approximate surface area is 310 Å². The highest BCUT2D eigenvalue weighted by Crippen LogP contribution is 2.43. The summed E-state index contributed by atoms with van der Waals surface area (Å²) in [5, 5.41) is 13.8. The molecule has 264 valence electrons. The summed E-state index contributed by atoms with van der Waals surface area (Å²) in [5.41, 5.74) is 8.41. The molecule has 8 heteroatoms. The third-order valence-electron chi connectivity index (χ3n) is 9.65. The van der Waals surface area contributed by atoms with E-state index in [0.29, 0.717) is 24.5 Å². The van der Waals surface area contributed by atoms with Gasteiger partial charge in [0.2, 0.25) is 5.91 Å². The number of hydrogen-bond acceptors (Lipinski definition) is 6. The number of benzene rings is 5. The third kappa shape index (κ3) is 6.71. The molecule has 0 fully saturated rings. The number of ether oxygens (including phenoxy) is 1. The molecule has 0 N–H and O–H groups in total. The Balaban J connectivity index is 1.32. The van der Waals surface area contributed by atoms with Gasteiger partial charge >= 0.3 is 0 Å². The quantitative estimate of drug-likeness (QED) is 0.118. The summed E-state index contributed by atoms with van der Waals surface area (Å²) in [5.74, 6) is 1.28. The van der Waals surface area contributed by atoms with E-state index >= 15 is 0 Å². The topological polar surface area (TPSA) is 86.0 Å². The molecule has 2 aromatic heterocycles. The van der Waals surface area contributed by atoms with Gasteiger partial charge in [0.25, 0.3) is 0 Å². The standard InChI is InChI=1S/C45H42N6O2/c1-5-17-42(52)50(41-30-32(2)46-33(3)43(41)53-4)31-34-26-28-35(29-27-34)39-24-15-16-25-40(39)44-47-48-49-51(44)45(36-18-9-6-10-19-36,37-20-11-7-12-21-37)38-22-13-8-14-23-38/h6-16,18-30H,5,17,31H2,1-4H3. The van der Waals surface area contributed by atoms with Crippen molar-refractivity contribution in [2.24, 2.45) is 0 Å². The number of rotatable bonds is 12. The number of amides is 1. The van der Waals surface area contributed by atoms with Gasteiger partial charge in [-0.2, -0.15) is 0 Å². The van der Waals surface area contributed by atoms with Gasteiger partial charge in [-0.25, -0.2) is 4.68 Å². The maximum absolute atomic E-state index is 13.6. The Morgan fingerprint density at radius 2 is 1.28 bits per heavy atom. The summed E-state index contributed by atoms with van der Waals surface area (Å²) < 4.78 is 7.71. The normalized spacial score (nSPS) is 11.3. The smallest absolute Gasteiger partial charge is 0.227 e. The van der Waals surface area contributed by atoms with Crippen LogP contribution in [0.2, 0.25) is 0 Å². The Bertz CT molecular complexity index is 2210. The maximum Gasteiger partial charge on any atom is 0.227 e. The van der Waals surface area contributed by atoms with Crippen molar-refractivity contribution in [3.63, 3.8) is 0 Å². The number of carbonyl (C=O) groups excluding carboxylic acids is 1. The van der Waals surface area contributed by atoms with E-state index < -0.39 is 5.54 Å². The van der Waals surface area contributed by atoms with E-state index in [-0.39, 0.29) is 5.91 Å². The fourth-order valence-electron chi connectivity index (χ4n) is 7.29. The second kappa shape index (κ2) is 15.5. The predicted molar refractivity (Wildman–Crippen MR) is 210 cm³/mol. The molecule has 5 aromatic carbocycles. The van der Waals surface area contributed by atoms with Crippen LogP contribution >= 0.6 is 0 Å². The molecule has 0 aliphatic heterocycles. The number of tetrazole rings is 1. The summed E-state index contributed by atoms with van der Waals surface area (Å²) in [7, 11) is 1.62. The Morgan fingerprint density at radius 3 is 1.83 bits per heavy atom. The van der Waals surface area contributed by atoms with E-state index in [0.717, 1.165) is 62.4 Å². The fraction of sp³-hybridized carbons (Fsp3) is 0.178. The average molecular weight is 699 g/mol. The average Bonchev–Trinajstić information content (AvgIpc) is 3.69. The van der Waals surface area contributed by atoms with Crippen LogP contribution in [0.15, 0.2) is 146 Å². The van der Waals surface area contributed by atoms with Gasteiger partial charge < -0.3 is 9.64 Å². The highest BCUT2D eigenvalue weighted by Gasteiger charge is 2.42. The number of aryl methyl sites for hydroxylation is 2. The molecule has 8 nitrogen and oxygen atoms in total. The lowest BCUT2D eigenvalue weighted by atomic mass is 9.77. The number of nitrogens with zero attached hydrogens (tertiary/aromatic N) is 6.